The van der Waals surface area contributed by atoms with Gasteiger partial charge in [-0.15, -0.1) is 0 Å². The van der Waals surface area contributed by atoms with E-state index in [4.69, 9.17) is 9.47 Å². The number of hydrogen-bond acceptors (Lipinski definition) is 9. The molecular formula is C57H102N4O7. The fourth-order valence-corrected chi connectivity index (χ4v) is 13.5. The van der Waals surface area contributed by atoms with Crippen LogP contribution in [-0.2, 0) is 28.7 Å². The third-order valence-corrected chi connectivity index (χ3v) is 17.7. The van der Waals surface area contributed by atoms with Gasteiger partial charge in [-0.2, -0.15) is 0 Å². The average molecular weight is 955 g/mol. The summed E-state index contributed by atoms with van der Waals surface area (Å²) in [5.74, 6) is 0.227. The Kier molecular flexibility index (Phi) is 23.3. The lowest BCUT2D eigenvalue weighted by atomic mass is 9.66. The highest BCUT2D eigenvalue weighted by molar-refractivity contribution is 5.92. The quantitative estimate of drug-likeness (QED) is 0.0490. The van der Waals surface area contributed by atoms with Crippen LogP contribution < -0.4 is 21.3 Å². The number of carbonyl (C=O) groups excluding carboxylic acids is 5. The molecule has 4 fully saturated rings. The molecule has 4 rings (SSSR count). The molecular weight excluding hydrogens is 853 g/mol. The molecule has 4 aliphatic rings. The molecule has 11 nitrogen and oxygen atoms in total. The number of esters is 1. The van der Waals surface area contributed by atoms with Crippen molar-refractivity contribution in [3.05, 3.63) is 0 Å². The van der Waals surface area contributed by atoms with E-state index in [1.165, 1.54) is 0 Å². The van der Waals surface area contributed by atoms with Gasteiger partial charge in [0.1, 0.15) is 5.60 Å². The number of rotatable bonds is 26. The van der Waals surface area contributed by atoms with Crippen molar-refractivity contribution in [2.75, 3.05) is 13.2 Å². The Morgan fingerprint density at radius 2 is 1.09 bits per heavy atom. The summed E-state index contributed by atoms with van der Waals surface area (Å²) in [5.41, 5.74) is -2.39. The Bertz CT molecular complexity index is 1580. The Labute approximate surface area is 414 Å². The number of Topliss-reactive ketones (excluding diaryl/α,β-unsaturated/α-hetero) is 2. The minimum absolute atomic E-state index is 0.0209. The van der Waals surface area contributed by atoms with Gasteiger partial charge >= 0.3 is 12.1 Å². The number of unbranched alkanes of at least 4 members (excludes halogenated alkanes) is 1. The van der Waals surface area contributed by atoms with Crippen molar-refractivity contribution >= 4 is 29.5 Å². The second kappa shape index (κ2) is 27.3. The third-order valence-electron chi connectivity index (χ3n) is 17.7. The van der Waals surface area contributed by atoms with Gasteiger partial charge in [0.05, 0.1) is 23.6 Å². The van der Waals surface area contributed by atoms with Crippen LogP contribution >= 0.6 is 0 Å². The molecule has 4 saturated carbocycles. The van der Waals surface area contributed by atoms with Crippen molar-refractivity contribution in [1.82, 2.24) is 21.3 Å². The molecule has 4 N–H and O–H groups in total. The molecule has 2 amide bonds. The molecule has 0 heterocycles. The normalized spacial score (nSPS) is 26.9. The van der Waals surface area contributed by atoms with Gasteiger partial charge in [0.25, 0.3) is 0 Å². The van der Waals surface area contributed by atoms with E-state index in [-0.39, 0.29) is 76.7 Å². The lowest BCUT2D eigenvalue weighted by Crippen LogP contribution is -2.63. The van der Waals surface area contributed by atoms with Gasteiger partial charge in [0.2, 0.25) is 5.91 Å². The summed E-state index contributed by atoms with van der Waals surface area (Å²) in [6.07, 6.45) is 22.9. The van der Waals surface area contributed by atoms with Crippen LogP contribution in [0.5, 0.6) is 0 Å². The minimum Gasteiger partial charge on any atom is -0.465 e. The summed E-state index contributed by atoms with van der Waals surface area (Å²) in [6.45, 7) is 23.5. The van der Waals surface area contributed by atoms with E-state index >= 15 is 9.59 Å². The highest BCUT2D eigenvalue weighted by Gasteiger charge is 2.50. The van der Waals surface area contributed by atoms with Crippen LogP contribution in [0, 0.1) is 40.9 Å². The van der Waals surface area contributed by atoms with E-state index in [1.807, 2.05) is 20.8 Å². The molecule has 0 bridgehead atoms. The predicted octanol–water partition coefficient (Wildman–Crippen LogP) is 12.1. The Morgan fingerprint density at radius 1 is 0.588 bits per heavy atom. The van der Waals surface area contributed by atoms with Crippen LogP contribution in [0.15, 0.2) is 0 Å². The summed E-state index contributed by atoms with van der Waals surface area (Å²) < 4.78 is 11.4. The zero-order valence-corrected chi connectivity index (χ0v) is 45.4. The number of ether oxygens (including phenoxy) is 2. The van der Waals surface area contributed by atoms with Gasteiger partial charge in [-0.05, 0) is 147 Å². The van der Waals surface area contributed by atoms with Crippen molar-refractivity contribution in [3.63, 3.8) is 0 Å². The second-order valence-electron chi connectivity index (χ2n) is 23.4. The van der Waals surface area contributed by atoms with E-state index in [2.05, 4.69) is 76.7 Å². The van der Waals surface area contributed by atoms with E-state index in [9.17, 15) is 14.4 Å². The fraction of sp³-hybridized carbons (Fsp3) is 0.912. The lowest BCUT2D eigenvalue weighted by molar-refractivity contribution is -0.152. The third kappa shape index (κ3) is 15.5. The van der Waals surface area contributed by atoms with Gasteiger partial charge in [-0.3, -0.25) is 19.2 Å². The monoisotopic (exact) mass is 955 g/mol. The molecule has 0 radical (unpaired) electrons. The second-order valence-corrected chi connectivity index (χ2v) is 23.4. The van der Waals surface area contributed by atoms with Crippen LogP contribution in [0.2, 0.25) is 0 Å². The highest BCUT2D eigenvalue weighted by atomic mass is 16.6. The first-order valence-electron chi connectivity index (χ1n) is 28.5. The topological polar surface area (TPSA) is 152 Å². The zero-order valence-electron chi connectivity index (χ0n) is 45.4. The van der Waals surface area contributed by atoms with Gasteiger partial charge in [0.15, 0.2) is 11.6 Å². The van der Waals surface area contributed by atoms with Crippen molar-refractivity contribution in [2.45, 2.75) is 278 Å². The number of ketones is 2. The number of carbonyl (C=O) groups is 5. The van der Waals surface area contributed by atoms with E-state index in [0.717, 1.165) is 135 Å². The van der Waals surface area contributed by atoms with E-state index < -0.39 is 22.8 Å². The SMILES string of the molecule is CCCCOC(=O)[C@@H](CC)[C@@H]1CCCC[C@@H]1NC(CC)(CC)C(=O)[C@@H](CC)[C@@H]1CCCC[C@@H]1NC(C)(CC)C(=O)[C@@H](CC)[C@@H]1CCCC[C@@H]1NC(=O)CC1(CNC(=O)OC(C)(C)C)CCCCC1. The molecule has 4 aliphatic carbocycles. The predicted molar refractivity (Wildman–Crippen MR) is 275 cm³/mol. The summed E-state index contributed by atoms with van der Waals surface area (Å²) in [5, 5.41) is 14.6. The molecule has 0 aromatic rings. The van der Waals surface area contributed by atoms with Crippen molar-refractivity contribution in [3.8, 4) is 0 Å². The molecule has 0 spiro atoms. The maximum absolute atomic E-state index is 15.4. The van der Waals surface area contributed by atoms with Crippen molar-refractivity contribution < 1.29 is 33.4 Å². The minimum atomic E-state index is -0.783. The van der Waals surface area contributed by atoms with Gasteiger partial charge in [0, 0.05) is 42.9 Å². The smallest absolute Gasteiger partial charge is 0.407 e. The molecule has 0 aromatic heterocycles. The van der Waals surface area contributed by atoms with Crippen LogP contribution in [0.1, 0.15) is 243 Å². The average Bonchev–Trinajstić information content (AvgIpc) is 3.32. The number of hydrogen-bond donors (Lipinski definition) is 4. The van der Waals surface area contributed by atoms with Crippen LogP contribution in [-0.4, -0.2) is 77.5 Å². The van der Waals surface area contributed by atoms with Crippen LogP contribution in [0.4, 0.5) is 4.79 Å². The first-order valence-corrected chi connectivity index (χ1v) is 28.5. The Balaban J connectivity index is 1.52. The maximum atomic E-state index is 15.4. The summed E-state index contributed by atoms with van der Waals surface area (Å²) in [4.78, 5) is 71.1. The summed E-state index contributed by atoms with van der Waals surface area (Å²) in [6, 6.07) is 0.0223. The zero-order chi connectivity index (χ0) is 50.1. The fourth-order valence-electron chi connectivity index (χ4n) is 13.5. The molecule has 1 unspecified atom stereocenters. The van der Waals surface area contributed by atoms with Gasteiger partial charge in [-0.25, -0.2) is 4.79 Å². The number of alkyl carbamates (subject to hydrolysis) is 1. The van der Waals surface area contributed by atoms with Gasteiger partial charge in [-0.1, -0.05) is 113 Å². The highest BCUT2D eigenvalue weighted by Crippen LogP contribution is 2.43. The molecule has 0 aliphatic heterocycles. The molecule has 0 saturated heterocycles. The first kappa shape index (κ1) is 58.0. The Morgan fingerprint density at radius 3 is 1.60 bits per heavy atom. The summed E-state index contributed by atoms with van der Waals surface area (Å²) >= 11 is 0. The molecule has 10 atom stereocenters. The Hall–Kier alpha value is -2.53. The number of amides is 2. The van der Waals surface area contributed by atoms with Crippen LogP contribution in [0.3, 0.4) is 0 Å². The van der Waals surface area contributed by atoms with Crippen LogP contribution in [0.25, 0.3) is 0 Å². The lowest BCUT2D eigenvalue weighted by Gasteiger charge is -2.47. The first-order chi connectivity index (χ1) is 32.4. The molecule has 0 aromatic carbocycles. The van der Waals surface area contributed by atoms with Crippen molar-refractivity contribution in [2.24, 2.45) is 40.9 Å². The molecule has 392 valence electrons. The molecule has 11 heteroatoms. The van der Waals surface area contributed by atoms with E-state index in [1.54, 1.807) is 0 Å². The van der Waals surface area contributed by atoms with Crippen molar-refractivity contribution in [1.29, 1.82) is 0 Å². The van der Waals surface area contributed by atoms with E-state index in [0.29, 0.717) is 51.0 Å². The largest absolute Gasteiger partial charge is 0.465 e. The maximum Gasteiger partial charge on any atom is 0.407 e. The van der Waals surface area contributed by atoms with Gasteiger partial charge < -0.3 is 30.7 Å². The number of nitrogens with one attached hydrogen (secondary N) is 4. The standard InChI is InChI=1S/C57H102N4O7/c1-12-19-37-67-52(65)42(15-4)45-31-23-26-34-48(45)61-57(17-6,18-7)51(64)41(14-3)44-30-22-25-33-47(44)60-55(11,16-5)50(63)40(13-2)43-29-21-24-32-46(43)59-49(62)38-56(35-27-20-28-36-56)39-58-53(66)68-54(8,9)10/h40-48,60-61H,12-39H2,1-11H3,(H,58,66)(H,59,62)/t40-,41-,42-,43-,44-,45-,46-,47-,48-,55?/m0/s1. The molecule has 68 heavy (non-hydrogen) atoms. The summed E-state index contributed by atoms with van der Waals surface area (Å²) in [7, 11) is 0.